The van der Waals surface area contributed by atoms with E-state index in [1.54, 1.807) is 0 Å². The number of halogens is 1. The van der Waals surface area contributed by atoms with Gasteiger partial charge in [-0.15, -0.1) is 0 Å². The van der Waals surface area contributed by atoms with E-state index in [-0.39, 0.29) is 5.97 Å². The summed E-state index contributed by atoms with van der Waals surface area (Å²) in [5, 5.41) is 3.40. The zero-order valence-electron chi connectivity index (χ0n) is 11.9. The van der Waals surface area contributed by atoms with E-state index in [9.17, 15) is 4.79 Å². The Labute approximate surface area is 133 Å². The number of ether oxygens (including phenoxy) is 1. The first-order valence-electron chi connectivity index (χ1n) is 6.78. The summed E-state index contributed by atoms with van der Waals surface area (Å²) in [6.45, 7) is 1.52. The lowest BCUT2D eigenvalue weighted by Gasteiger charge is -2.10. The monoisotopic (exact) mass is 347 g/mol. The number of rotatable bonds is 6. The van der Waals surface area contributed by atoms with Crippen molar-refractivity contribution in [2.24, 2.45) is 0 Å². The maximum Gasteiger partial charge on any atom is 0.309 e. The van der Waals surface area contributed by atoms with E-state index in [1.165, 1.54) is 12.7 Å². The molecule has 0 amide bonds. The van der Waals surface area contributed by atoms with Crippen LogP contribution < -0.4 is 5.32 Å². The lowest BCUT2D eigenvalue weighted by Crippen LogP contribution is -2.15. The van der Waals surface area contributed by atoms with Gasteiger partial charge in [0.05, 0.1) is 13.5 Å². The van der Waals surface area contributed by atoms with Crippen LogP contribution in [0, 0.1) is 0 Å². The predicted molar refractivity (Wildman–Crippen MR) is 86.8 cm³/mol. The van der Waals surface area contributed by atoms with Crippen molar-refractivity contribution in [3.05, 3.63) is 69.7 Å². The maximum atomic E-state index is 11.4. The summed E-state index contributed by atoms with van der Waals surface area (Å²) in [5.41, 5.74) is 3.36. The van der Waals surface area contributed by atoms with Gasteiger partial charge < -0.3 is 10.1 Å². The molecule has 21 heavy (non-hydrogen) atoms. The minimum absolute atomic E-state index is 0.213. The Morgan fingerprint density at radius 2 is 1.71 bits per heavy atom. The lowest BCUT2D eigenvalue weighted by molar-refractivity contribution is -0.139. The van der Waals surface area contributed by atoms with Crippen molar-refractivity contribution in [2.75, 3.05) is 7.11 Å². The third-order valence-corrected chi connectivity index (χ3v) is 3.77. The SMILES string of the molecule is COC(=O)Cc1ccccc1CNCc1ccc(Br)cc1. The van der Waals surface area contributed by atoms with Crippen LogP contribution in [0.1, 0.15) is 16.7 Å². The fourth-order valence-corrected chi connectivity index (χ4v) is 2.34. The molecule has 2 aromatic rings. The predicted octanol–water partition coefficient (Wildman–Crippen LogP) is 3.45. The van der Waals surface area contributed by atoms with Gasteiger partial charge in [0.1, 0.15) is 0 Å². The highest BCUT2D eigenvalue weighted by molar-refractivity contribution is 9.10. The third kappa shape index (κ3) is 4.99. The second-order valence-corrected chi connectivity index (χ2v) is 5.67. The highest BCUT2D eigenvalue weighted by Gasteiger charge is 2.07. The molecule has 2 rings (SSSR count). The van der Waals surface area contributed by atoms with Crippen molar-refractivity contribution in [3.63, 3.8) is 0 Å². The fraction of sp³-hybridized carbons (Fsp3) is 0.235. The van der Waals surface area contributed by atoms with E-state index < -0.39 is 0 Å². The highest BCUT2D eigenvalue weighted by Crippen LogP contribution is 2.12. The summed E-state index contributed by atoms with van der Waals surface area (Å²) >= 11 is 3.43. The molecule has 3 nitrogen and oxygen atoms in total. The minimum atomic E-state index is -0.213. The number of esters is 1. The fourth-order valence-electron chi connectivity index (χ4n) is 2.07. The summed E-state index contributed by atoms with van der Waals surface area (Å²) in [4.78, 5) is 11.4. The number of methoxy groups -OCH3 is 1. The summed E-state index contributed by atoms with van der Waals surface area (Å²) < 4.78 is 5.81. The van der Waals surface area contributed by atoms with Crippen LogP contribution in [0.25, 0.3) is 0 Å². The van der Waals surface area contributed by atoms with Gasteiger partial charge >= 0.3 is 5.97 Å². The molecule has 4 heteroatoms. The van der Waals surface area contributed by atoms with Gasteiger partial charge in [-0.1, -0.05) is 52.3 Å². The number of hydrogen-bond acceptors (Lipinski definition) is 3. The van der Waals surface area contributed by atoms with Crippen molar-refractivity contribution in [2.45, 2.75) is 19.5 Å². The van der Waals surface area contributed by atoms with E-state index in [0.29, 0.717) is 6.42 Å². The summed E-state index contributed by atoms with van der Waals surface area (Å²) in [6.07, 6.45) is 0.312. The zero-order chi connectivity index (χ0) is 15.1. The molecule has 0 unspecified atom stereocenters. The largest absolute Gasteiger partial charge is 0.469 e. The van der Waals surface area contributed by atoms with Gasteiger partial charge in [0, 0.05) is 17.6 Å². The van der Waals surface area contributed by atoms with Crippen molar-refractivity contribution >= 4 is 21.9 Å². The molecule has 0 aliphatic heterocycles. The molecule has 0 spiro atoms. The molecule has 2 aromatic carbocycles. The first-order valence-corrected chi connectivity index (χ1v) is 7.57. The molecule has 1 N–H and O–H groups in total. The molecule has 0 fully saturated rings. The Balaban J connectivity index is 1.93. The number of carbonyl (C=O) groups is 1. The van der Waals surface area contributed by atoms with Crippen LogP contribution in [0.15, 0.2) is 53.0 Å². The van der Waals surface area contributed by atoms with Gasteiger partial charge in [0.25, 0.3) is 0 Å². The van der Waals surface area contributed by atoms with Gasteiger partial charge in [0.2, 0.25) is 0 Å². The smallest absolute Gasteiger partial charge is 0.309 e. The van der Waals surface area contributed by atoms with Gasteiger partial charge in [-0.2, -0.15) is 0 Å². The van der Waals surface area contributed by atoms with Gasteiger partial charge in [-0.3, -0.25) is 4.79 Å². The first-order chi connectivity index (χ1) is 10.2. The van der Waals surface area contributed by atoms with E-state index >= 15 is 0 Å². The molecule has 0 atom stereocenters. The Morgan fingerprint density at radius 1 is 1.05 bits per heavy atom. The highest BCUT2D eigenvalue weighted by atomic mass is 79.9. The number of benzene rings is 2. The van der Waals surface area contributed by atoms with Gasteiger partial charge in [0.15, 0.2) is 0 Å². The maximum absolute atomic E-state index is 11.4. The summed E-state index contributed by atoms with van der Waals surface area (Å²) in [5.74, 6) is -0.213. The minimum Gasteiger partial charge on any atom is -0.469 e. The normalized spacial score (nSPS) is 10.4. The second kappa shape index (κ2) is 7.96. The zero-order valence-corrected chi connectivity index (χ0v) is 13.5. The quantitative estimate of drug-likeness (QED) is 0.813. The van der Waals surface area contributed by atoms with Crippen molar-refractivity contribution in [1.82, 2.24) is 5.32 Å². The van der Waals surface area contributed by atoms with Crippen LogP contribution in [0.3, 0.4) is 0 Å². The van der Waals surface area contributed by atoms with E-state index in [2.05, 4.69) is 33.4 Å². The number of carbonyl (C=O) groups excluding carboxylic acids is 1. The topological polar surface area (TPSA) is 38.3 Å². The van der Waals surface area contributed by atoms with Crippen LogP contribution in [-0.2, 0) is 29.0 Å². The van der Waals surface area contributed by atoms with Crippen LogP contribution in [0.2, 0.25) is 0 Å². The standard InChI is InChI=1S/C17H18BrNO2/c1-21-17(20)10-14-4-2-3-5-15(14)12-19-11-13-6-8-16(18)9-7-13/h2-9,19H,10-12H2,1H3. The Hall–Kier alpha value is -1.65. The van der Waals surface area contributed by atoms with E-state index in [0.717, 1.165) is 28.7 Å². The van der Waals surface area contributed by atoms with E-state index in [4.69, 9.17) is 4.74 Å². The summed E-state index contributed by atoms with van der Waals surface area (Å²) in [6, 6.07) is 16.1. The van der Waals surface area contributed by atoms with Crippen molar-refractivity contribution in [1.29, 1.82) is 0 Å². The summed E-state index contributed by atoms with van der Waals surface area (Å²) in [7, 11) is 1.41. The Kier molecular flexibility index (Phi) is 5.96. The molecule has 0 saturated heterocycles. The molecular formula is C17H18BrNO2. The molecule has 0 radical (unpaired) electrons. The average molecular weight is 348 g/mol. The van der Waals surface area contributed by atoms with Crippen LogP contribution in [0.5, 0.6) is 0 Å². The first kappa shape index (κ1) is 15.7. The lowest BCUT2D eigenvalue weighted by atomic mass is 10.0. The molecule has 0 bridgehead atoms. The Bertz CT molecular complexity index is 596. The van der Waals surface area contributed by atoms with Crippen LogP contribution in [-0.4, -0.2) is 13.1 Å². The molecule has 0 aromatic heterocycles. The van der Waals surface area contributed by atoms with Crippen molar-refractivity contribution in [3.8, 4) is 0 Å². The third-order valence-electron chi connectivity index (χ3n) is 3.24. The van der Waals surface area contributed by atoms with Gasteiger partial charge in [-0.25, -0.2) is 0 Å². The number of hydrogen-bond donors (Lipinski definition) is 1. The molecule has 0 aliphatic rings. The molecule has 0 aliphatic carbocycles. The molecule has 110 valence electrons. The number of nitrogens with one attached hydrogen (secondary N) is 1. The van der Waals surface area contributed by atoms with E-state index in [1.807, 2.05) is 36.4 Å². The molecule has 0 saturated carbocycles. The second-order valence-electron chi connectivity index (χ2n) is 4.75. The van der Waals surface area contributed by atoms with Gasteiger partial charge in [-0.05, 0) is 28.8 Å². The van der Waals surface area contributed by atoms with Crippen molar-refractivity contribution < 1.29 is 9.53 Å². The molecular weight excluding hydrogens is 330 g/mol. The van der Waals surface area contributed by atoms with Crippen LogP contribution >= 0.6 is 15.9 Å². The molecule has 0 heterocycles. The van der Waals surface area contributed by atoms with Crippen LogP contribution in [0.4, 0.5) is 0 Å². The average Bonchev–Trinajstić information content (AvgIpc) is 2.51. The Morgan fingerprint density at radius 3 is 2.38 bits per heavy atom.